The van der Waals surface area contributed by atoms with E-state index >= 15 is 0 Å². The Labute approximate surface area is 84.6 Å². The average Bonchev–Trinajstić information content (AvgIpc) is 2.02. The van der Waals surface area contributed by atoms with E-state index in [2.05, 4.69) is 0 Å². The maximum atomic E-state index is 12.9. The van der Waals surface area contributed by atoms with Gasteiger partial charge in [0.2, 0.25) is 0 Å². The van der Waals surface area contributed by atoms with Crippen LogP contribution in [0.25, 0.3) is 0 Å². The fraction of sp³-hybridized carbons (Fsp3) is 0.429. The van der Waals surface area contributed by atoms with Gasteiger partial charge in [0, 0.05) is 6.20 Å². The van der Waals surface area contributed by atoms with Crippen molar-refractivity contribution in [2.75, 3.05) is 0 Å². The summed E-state index contributed by atoms with van der Waals surface area (Å²) in [5.74, 6) is -0.352. The van der Waals surface area contributed by atoms with Crippen LogP contribution in [0, 0.1) is 0 Å². The Morgan fingerprint density at radius 1 is 1.82 bits per heavy atom. The Bertz CT molecular complexity index is 179. The van der Waals surface area contributed by atoms with Crippen LogP contribution in [0.5, 0.6) is 0 Å². The second-order valence-electron chi connectivity index (χ2n) is 1.95. The molecular formula is C7H10ClFIN. The van der Waals surface area contributed by atoms with Gasteiger partial charge in [0.15, 0.2) is 0 Å². The molecule has 0 saturated heterocycles. The van der Waals surface area contributed by atoms with Gasteiger partial charge in [-0.1, -0.05) is 6.92 Å². The zero-order valence-electron chi connectivity index (χ0n) is 6.15. The van der Waals surface area contributed by atoms with E-state index in [9.17, 15) is 4.39 Å². The highest BCUT2D eigenvalue weighted by molar-refractivity contribution is 14.1. The van der Waals surface area contributed by atoms with E-state index in [1.165, 1.54) is 12.3 Å². The van der Waals surface area contributed by atoms with Crippen molar-refractivity contribution in [3.8, 4) is 0 Å². The summed E-state index contributed by atoms with van der Waals surface area (Å²) in [6, 6.07) is 0. The first-order valence-corrected chi connectivity index (χ1v) is 4.72. The van der Waals surface area contributed by atoms with Crippen molar-refractivity contribution >= 4 is 34.2 Å². The molecule has 1 unspecified atom stereocenters. The van der Waals surface area contributed by atoms with Crippen LogP contribution in [-0.2, 0) is 0 Å². The molecule has 1 nitrogen and oxygen atoms in total. The van der Waals surface area contributed by atoms with E-state index in [1.807, 2.05) is 29.5 Å². The molecule has 0 aliphatic rings. The summed E-state index contributed by atoms with van der Waals surface area (Å²) in [6.45, 7) is 1.89. The molecule has 2 N–H and O–H groups in total. The first-order chi connectivity index (χ1) is 5.11. The molecule has 0 aliphatic heterocycles. The van der Waals surface area contributed by atoms with Gasteiger partial charge >= 0.3 is 0 Å². The Kier molecular flexibility index (Phi) is 5.95. The minimum absolute atomic E-state index is 0.250. The zero-order valence-corrected chi connectivity index (χ0v) is 9.06. The van der Waals surface area contributed by atoms with Gasteiger partial charge in [-0.3, -0.25) is 0 Å². The maximum absolute atomic E-state index is 12.9. The largest absolute Gasteiger partial charge is 0.404 e. The molecule has 4 heteroatoms. The van der Waals surface area contributed by atoms with Crippen molar-refractivity contribution in [2.45, 2.75) is 18.7 Å². The Morgan fingerprint density at radius 2 is 2.36 bits per heavy atom. The van der Waals surface area contributed by atoms with E-state index in [1.54, 1.807) is 0 Å². The summed E-state index contributed by atoms with van der Waals surface area (Å²) in [5, 5.41) is -0.250. The number of rotatable bonds is 3. The molecule has 0 saturated carbocycles. The van der Waals surface area contributed by atoms with Crippen LogP contribution in [0.4, 0.5) is 4.39 Å². The smallest absolute Gasteiger partial charge is 0.135 e. The van der Waals surface area contributed by atoms with Crippen LogP contribution in [-0.4, -0.2) is 5.38 Å². The lowest BCUT2D eigenvalue weighted by Gasteiger charge is -1.98. The molecule has 0 rings (SSSR count). The molecule has 1 atom stereocenters. The summed E-state index contributed by atoms with van der Waals surface area (Å²) in [7, 11) is 0. The molecule has 0 spiro atoms. The van der Waals surface area contributed by atoms with Crippen LogP contribution < -0.4 is 5.73 Å². The number of alkyl halides is 1. The van der Waals surface area contributed by atoms with Gasteiger partial charge in [-0.05, 0) is 35.1 Å². The molecule has 64 valence electrons. The highest BCUT2D eigenvalue weighted by Crippen LogP contribution is 2.20. The summed E-state index contributed by atoms with van der Waals surface area (Å²) in [6.07, 6.45) is 3.28. The van der Waals surface area contributed by atoms with Crippen molar-refractivity contribution in [3.63, 3.8) is 0 Å². The van der Waals surface area contributed by atoms with E-state index in [4.69, 9.17) is 17.3 Å². The molecule has 0 aliphatic carbocycles. The van der Waals surface area contributed by atoms with Crippen molar-refractivity contribution in [1.82, 2.24) is 0 Å². The molecule has 0 amide bonds. The molecule has 0 radical (unpaired) electrons. The number of halogens is 3. The van der Waals surface area contributed by atoms with Crippen molar-refractivity contribution in [1.29, 1.82) is 0 Å². The molecule has 11 heavy (non-hydrogen) atoms. The summed E-state index contributed by atoms with van der Waals surface area (Å²) in [5.41, 5.74) is 5.10. The van der Waals surface area contributed by atoms with Gasteiger partial charge in [0.1, 0.15) is 5.83 Å². The summed E-state index contributed by atoms with van der Waals surface area (Å²) in [4.78, 5) is 0. The standard InChI is InChI=1S/C7H10ClFIN/c1-2-5(8)3-6(9)7(10)4-11/h3-5H,2,11H2,1H3/b6-3+,7-4+. The topological polar surface area (TPSA) is 26.0 Å². The number of hydrogen-bond acceptors (Lipinski definition) is 1. The minimum Gasteiger partial charge on any atom is -0.404 e. The quantitative estimate of drug-likeness (QED) is 0.482. The maximum Gasteiger partial charge on any atom is 0.135 e. The van der Waals surface area contributed by atoms with Gasteiger partial charge < -0.3 is 5.73 Å². The molecular weight excluding hydrogens is 279 g/mol. The third kappa shape index (κ3) is 4.63. The monoisotopic (exact) mass is 289 g/mol. The zero-order chi connectivity index (χ0) is 8.85. The Hall–Kier alpha value is 0.230. The minimum atomic E-state index is -0.352. The Morgan fingerprint density at radius 3 is 2.73 bits per heavy atom. The SMILES string of the molecule is CCC(Cl)/C=C(F)\C(I)=C/N. The van der Waals surface area contributed by atoms with E-state index in [0.29, 0.717) is 10.0 Å². The Balaban J connectivity index is 4.21. The summed E-state index contributed by atoms with van der Waals surface area (Å²) < 4.78 is 13.2. The molecule has 0 heterocycles. The van der Waals surface area contributed by atoms with Crippen molar-refractivity contribution in [3.05, 3.63) is 21.7 Å². The first kappa shape index (κ1) is 11.2. The van der Waals surface area contributed by atoms with Crippen LogP contribution in [0.2, 0.25) is 0 Å². The average molecular weight is 290 g/mol. The number of hydrogen-bond donors (Lipinski definition) is 1. The number of nitrogens with two attached hydrogens (primary N) is 1. The van der Waals surface area contributed by atoms with Crippen LogP contribution in [0.3, 0.4) is 0 Å². The highest BCUT2D eigenvalue weighted by atomic mass is 127. The first-order valence-electron chi connectivity index (χ1n) is 3.21. The lowest BCUT2D eigenvalue weighted by Crippen LogP contribution is -1.91. The molecule has 0 fully saturated rings. The molecule has 0 aromatic carbocycles. The second-order valence-corrected chi connectivity index (χ2v) is 3.68. The number of allylic oxidation sites excluding steroid dienone is 3. The molecule has 0 aromatic heterocycles. The van der Waals surface area contributed by atoms with Crippen LogP contribution in [0.1, 0.15) is 13.3 Å². The van der Waals surface area contributed by atoms with Crippen molar-refractivity contribution < 1.29 is 4.39 Å². The lowest BCUT2D eigenvalue weighted by molar-refractivity contribution is 0.656. The normalized spacial score (nSPS) is 16.7. The summed E-state index contributed by atoms with van der Waals surface area (Å²) >= 11 is 7.49. The van der Waals surface area contributed by atoms with Gasteiger partial charge in [0.25, 0.3) is 0 Å². The van der Waals surface area contributed by atoms with Gasteiger partial charge in [0.05, 0.1) is 8.96 Å². The second kappa shape index (κ2) is 5.83. The predicted octanol–water partition coefficient (Wildman–Crippen LogP) is 3.09. The van der Waals surface area contributed by atoms with Crippen molar-refractivity contribution in [2.24, 2.45) is 5.73 Å². The van der Waals surface area contributed by atoms with Crippen LogP contribution in [0.15, 0.2) is 21.7 Å². The van der Waals surface area contributed by atoms with E-state index < -0.39 is 0 Å². The van der Waals surface area contributed by atoms with Gasteiger partial charge in [-0.15, -0.1) is 11.6 Å². The lowest BCUT2D eigenvalue weighted by atomic mass is 10.3. The molecule has 0 aromatic rings. The van der Waals surface area contributed by atoms with Crippen LogP contribution >= 0.6 is 34.2 Å². The fourth-order valence-corrected chi connectivity index (χ4v) is 0.726. The molecule has 0 bridgehead atoms. The third-order valence-electron chi connectivity index (χ3n) is 1.09. The van der Waals surface area contributed by atoms with Gasteiger partial charge in [-0.2, -0.15) is 0 Å². The third-order valence-corrected chi connectivity index (χ3v) is 2.40. The highest BCUT2D eigenvalue weighted by Gasteiger charge is 2.02. The van der Waals surface area contributed by atoms with E-state index in [0.717, 1.165) is 0 Å². The van der Waals surface area contributed by atoms with E-state index in [-0.39, 0.29) is 11.2 Å². The van der Waals surface area contributed by atoms with Gasteiger partial charge in [-0.25, -0.2) is 4.39 Å². The fourth-order valence-electron chi connectivity index (χ4n) is 0.436. The predicted molar refractivity (Wildman–Crippen MR) is 55.4 cm³/mol.